The Balaban J connectivity index is 1.85. The van der Waals surface area contributed by atoms with Crippen molar-refractivity contribution in [3.63, 3.8) is 0 Å². The van der Waals surface area contributed by atoms with E-state index >= 15 is 0 Å². The second-order valence-corrected chi connectivity index (χ2v) is 7.50. The molecule has 3 aromatic rings. The predicted molar refractivity (Wildman–Crippen MR) is 114 cm³/mol. The molecule has 0 radical (unpaired) electrons. The first kappa shape index (κ1) is 22.2. The van der Waals surface area contributed by atoms with Crippen LogP contribution in [0.3, 0.4) is 0 Å². The fourth-order valence-corrected chi connectivity index (χ4v) is 3.91. The minimum atomic E-state index is -1.05. The number of aromatic nitrogens is 3. The Morgan fingerprint density at radius 1 is 1.32 bits per heavy atom. The molecule has 9 heteroatoms. The second kappa shape index (κ2) is 8.71. The zero-order chi connectivity index (χ0) is 22.9. The zero-order valence-electron chi connectivity index (χ0n) is 18.3. The van der Waals surface area contributed by atoms with Gasteiger partial charge in [0.05, 0.1) is 12.5 Å². The van der Waals surface area contributed by atoms with E-state index in [0.29, 0.717) is 23.5 Å². The molecule has 2 amide bonds. The molecule has 164 valence electrons. The fraction of sp³-hybridized carbons (Fsp3) is 0.364. The topological polar surface area (TPSA) is 103 Å². The van der Waals surface area contributed by atoms with Crippen molar-refractivity contribution in [3.8, 4) is 5.88 Å². The van der Waals surface area contributed by atoms with Gasteiger partial charge in [-0.05, 0) is 49.1 Å². The largest absolute Gasteiger partial charge is 0.479 e. The first-order chi connectivity index (χ1) is 14.6. The Kier molecular flexibility index (Phi) is 6.24. The summed E-state index contributed by atoms with van der Waals surface area (Å²) in [6, 6.07) is 4.48. The van der Waals surface area contributed by atoms with Gasteiger partial charge in [-0.2, -0.15) is 0 Å². The van der Waals surface area contributed by atoms with Crippen LogP contribution in [0.5, 0.6) is 5.88 Å². The maximum atomic E-state index is 13.6. The number of hydrogen-bond donors (Lipinski definition) is 1. The number of carbonyl (C=O) groups excluding carboxylic acids is 2. The van der Waals surface area contributed by atoms with Crippen LogP contribution in [0.1, 0.15) is 34.8 Å². The highest BCUT2D eigenvalue weighted by molar-refractivity contribution is 5.88. The summed E-state index contributed by atoms with van der Waals surface area (Å²) in [4.78, 5) is 30.8. The zero-order valence-corrected chi connectivity index (χ0v) is 18.3. The summed E-state index contributed by atoms with van der Waals surface area (Å²) in [6.45, 7) is 3.83. The number of ether oxygens (including phenoxy) is 1. The highest BCUT2D eigenvalue weighted by atomic mass is 19.1. The molecule has 0 fully saturated rings. The lowest BCUT2D eigenvalue weighted by Crippen LogP contribution is -2.39. The van der Waals surface area contributed by atoms with Crippen molar-refractivity contribution in [1.29, 1.82) is 0 Å². The van der Waals surface area contributed by atoms with Crippen molar-refractivity contribution in [2.75, 3.05) is 14.2 Å². The molecule has 2 aromatic heterocycles. The maximum absolute atomic E-state index is 13.6. The summed E-state index contributed by atoms with van der Waals surface area (Å²) < 4.78 is 20.7. The third-order valence-electron chi connectivity index (χ3n) is 5.52. The van der Waals surface area contributed by atoms with Crippen LogP contribution in [0.25, 0.3) is 11.0 Å². The Hall–Kier alpha value is -3.49. The summed E-state index contributed by atoms with van der Waals surface area (Å²) in [7, 11) is 4.84. The molecule has 2 N–H and O–H groups in total. The van der Waals surface area contributed by atoms with Crippen molar-refractivity contribution in [1.82, 2.24) is 19.7 Å². The fourth-order valence-electron chi connectivity index (χ4n) is 3.91. The van der Waals surface area contributed by atoms with Gasteiger partial charge in [0.1, 0.15) is 11.9 Å². The normalized spacial score (nSPS) is 12.1. The van der Waals surface area contributed by atoms with Gasteiger partial charge >= 0.3 is 0 Å². The van der Waals surface area contributed by atoms with Gasteiger partial charge in [-0.3, -0.25) is 9.59 Å². The molecule has 0 bridgehead atoms. The molecule has 1 unspecified atom stereocenters. The number of aryl methyl sites for hydroxylation is 3. The van der Waals surface area contributed by atoms with E-state index in [1.807, 2.05) is 13.8 Å². The van der Waals surface area contributed by atoms with Crippen molar-refractivity contribution in [3.05, 3.63) is 52.5 Å². The van der Waals surface area contributed by atoms with Gasteiger partial charge in [-0.15, -0.1) is 5.10 Å². The van der Waals surface area contributed by atoms with Crippen LogP contribution < -0.4 is 10.5 Å². The molecule has 1 atom stereocenters. The summed E-state index contributed by atoms with van der Waals surface area (Å²) in [5, 5.41) is 5.14. The Morgan fingerprint density at radius 3 is 2.65 bits per heavy atom. The molecule has 2 heterocycles. The molecule has 0 aliphatic heterocycles. The van der Waals surface area contributed by atoms with E-state index in [1.54, 1.807) is 24.9 Å². The molecular formula is C22H26FN5O3. The van der Waals surface area contributed by atoms with E-state index in [-0.39, 0.29) is 12.3 Å². The molecule has 8 nitrogen and oxygen atoms in total. The lowest BCUT2D eigenvalue weighted by atomic mass is 9.99. The molecule has 3 rings (SSSR count). The number of halogens is 1. The minimum absolute atomic E-state index is 0.132. The van der Waals surface area contributed by atoms with Crippen LogP contribution in [-0.4, -0.2) is 45.6 Å². The summed E-state index contributed by atoms with van der Waals surface area (Å²) in [6.07, 6.45) is 0.545. The minimum Gasteiger partial charge on any atom is -0.479 e. The monoisotopic (exact) mass is 427 g/mol. The number of nitrogens with two attached hydrogens (primary N) is 1. The molecule has 31 heavy (non-hydrogen) atoms. The standard InChI is InChI=1S/C22H26FN5O3/c1-12-16(13(2)25-21-18(12)22(31-5)26-28(21)4)9-10-17(29)27(3)19(20(24)30)14-7-6-8-15(23)11-14/h6-8,11,19H,9-10H2,1-5H3,(H2,24,30). The lowest BCUT2D eigenvalue weighted by Gasteiger charge is -2.26. The van der Waals surface area contributed by atoms with E-state index in [2.05, 4.69) is 10.1 Å². The van der Waals surface area contributed by atoms with E-state index in [1.165, 1.54) is 30.1 Å². The number of rotatable bonds is 7. The average molecular weight is 427 g/mol. The first-order valence-electron chi connectivity index (χ1n) is 9.82. The Labute approximate surface area is 179 Å². The van der Waals surface area contributed by atoms with Gasteiger partial charge in [0.15, 0.2) is 5.65 Å². The molecule has 0 aliphatic carbocycles. The number of carbonyl (C=O) groups is 2. The lowest BCUT2D eigenvalue weighted by molar-refractivity contribution is -0.138. The molecule has 0 saturated carbocycles. The molecule has 0 saturated heterocycles. The van der Waals surface area contributed by atoms with E-state index < -0.39 is 17.8 Å². The third kappa shape index (κ3) is 4.21. The Bertz CT molecular complexity index is 1160. The second-order valence-electron chi connectivity index (χ2n) is 7.50. The van der Waals surface area contributed by atoms with Crippen molar-refractivity contribution < 1.29 is 18.7 Å². The number of fused-ring (bicyclic) bond motifs is 1. The number of hydrogen-bond acceptors (Lipinski definition) is 5. The van der Waals surface area contributed by atoms with Gasteiger partial charge in [-0.1, -0.05) is 12.1 Å². The van der Waals surface area contributed by atoms with Crippen LogP contribution in [0.2, 0.25) is 0 Å². The van der Waals surface area contributed by atoms with Gasteiger partial charge in [0, 0.05) is 26.2 Å². The maximum Gasteiger partial charge on any atom is 0.244 e. The smallest absolute Gasteiger partial charge is 0.244 e. The van der Waals surface area contributed by atoms with Gasteiger partial charge in [0.2, 0.25) is 17.7 Å². The van der Waals surface area contributed by atoms with Crippen LogP contribution in [0, 0.1) is 19.7 Å². The number of benzene rings is 1. The highest BCUT2D eigenvalue weighted by Crippen LogP contribution is 2.31. The number of amides is 2. The highest BCUT2D eigenvalue weighted by Gasteiger charge is 2.27. The SMILES string of the molecule is COc1nn(C)c2nc(C)c(CCC(=O)N(C)C(C(N)=O)c3cccc(F)c3)c(C)c12. The van der Waals surface area contributed by atoms with Crippen LogP contribution in [0.15, 0.2) is 24.3 Å². The number of pyridine rings is 1. The number of nitrogens with zero attached hydrogens (tertiary/aromatic N) is 4. The van der Waals surface area contributed by atoms with Crippen LogP contribution in [-0.2, 0) is 23.1 Å². The quantitative estimate of drug-likeness (QED) is 0.623. The summed E-state index contributed by atoms with van der Waals surface area (Å²) in [5.41, 5.74) is 9.22. The van der Waals surface area contributed by atoms with Crippen molar-refractivity contribution in [2.24, 2.45) is 12.8 Å². The van der Waals surface area contributed by atoms with Crippen molar-refractivity contribution >= 4 is 22.8 Å². The summed E-state index contributed by atoms with van der Waals surface area (Å²) in [5.74, 6) is -1.03. The molecule has 1 aromatic carbocycles. The van der Waals surface area contributed by atoms with Gasteiger partial charge in [-0.25, -0.2) is 14.1 Å². The Morgan fingerprint density at radius 2 is 2.03 bits per heavy atom. The number of likely N-dealkylation sites (N-methyl/N-ethyl adjacent to an activating group) is 1. The first-order valence-corrected chi connectivity index (χ1v) is 9.82. The molecule has 0 spiro atoms. The van der Waals surface area contributed by atoms with Gasteiger partial charge in [0.25, 0.3) is 0 Å². The summed E-state index contributed by atoms with van der Waals surface area (Å²) >= 11 is 0. The number of methoxy groups -OCH3 is 1. The molecular weight excluding hydrogens is 401 g/mol. The van der Waals surface area contributed by atoms with E-state index in [9.17, 15) is 14.0 Å². The van der Waals surface area contributed by atoms with E-state index in [0.717, 1.165) is 22.2 Å². The predicted octanol–water partition coefficient (Wildman–Crippen LogP) is 2.35. The van der Waals surface area contributed by atoms with Crippen molar-refractivity contribution in [2.45, 2.75) is 32.7 Å². The van der Waals surface area contributed by atoms with Gasteiger partial charge < -0.3 is 15.4 Å². The average Bonchev–Trinajstić information content (AvgIpc) is 3.03. The molecule has 0 aliphatic rings. The van der Waals surface area contributed by atoms with Crippen LogP contribution >= 0.6 is 0 Å². The van der Waals surface area contributed by atoms with E-state index in [4.69, 9.17) is 10.5 Å². The third-order valence-corrected chi connectivity index (χ3v) is 5.52. The number of primary amides is 1. The van der Waals surface area contributed by atoms with Crippen LogP contribution in [0.4, 0.5) is 4.39 Å².